The number of hydrogen-bond acceptors (Lipinski definition) is 5. The van der Waals surface area contributed by atoms with E-state index in [0.717, 1.165) is 5.56 Å². The standard InChI is InChI=1S/C18H25N5O4S/c1-3-28(26,27)22(2)13-7-11-19-17(24)18(25)21-16-10-12-20-23(16)14-15-8-5-4-6-9-15/h4-6,8-10,12H,3,7,11,13-14H2,1-2H3,(H,19,24)(H,21,25). The summed E-state index contributed by atoms with van der Waals surface area (Å²) in [5.41, 5.74) is 1.01. The van der Waals surface area contributed by atoms with Crippen LogP contribution >= 0.6 is 0 Å². The molecule has 0 unspecified atom stereocenters. The highest BCUT2D eigenvalue weighted by Gasteiger charge is 2.17. The fraction of sp³-hybridized carbons (Fsp3) is 0.389. The molecule has 9 nitrogen and oxygen atoms in total. The minimum absolute atomic E-state index is 0.0227. The van der Waals surface area contributed by atoms with Crippen molar-refractivity contribution in [2.75, 3.05) is 31.2 Å². The van der Waals surface area contributed by atoms with Gasteiger partial charge in [0.15, 0.2) is 0 Å². The van der Waals surface area contributed by atoms with Gasteiger partial charge in [0, 0.05) is 26.2 Å². The number of hydrogen-bond donors (Lipinski definition) is 2. The summed E-state index contributed by atoms with van der Waals surface area (Å²) in [7, 11) is -1.76. The van der Waals surface area contributed by atoms with Gasteiger partial charge in [-0.2, -0.15) is 5.10 Å². The fourth-order valence-corrected chi connectivity index (χ4v) is 3.29. The molecule has 0 aliphatic carbocycles. The van der Waals surface area contributed by atoms with Gasteiger partial charge in [-0.3, -0.25) is 9.59 Å². The first-order valence-electron chi connectivity index (χ1n) is 8.92. The summed E-state index contributed by atoms with van der Waals surface area (Å²) in [5.74, 6) is -1.15. The maximum absolute atomic E-state index is 12.1. The lowest BCUT2D eigenvalue weighted by molar-refractivity contribution is -0.136. The monoisotopic (exact) mass is 407 g/mol. The van der Waals surface area contributed by atoms with Crippen molar-refractivity contribution >= 4 is 27.7 Å². The van der Waals surface area contributed by atoms with Gasteiger partial charge in [-0.05, 0) is 18.9 Å². The molecule has 2 N–H and O–H groups in total. The Kier molecular flexibility index (Phi) is 7.70. The van der Waals surface area contributed by atoms with E-state index in [4.69, 9.17) is 0 Å². The van der Waals surface area contributed by atoms with E-state index in [-0.39, 0.29) is 18.8 Å². The van der Waals surface area contributed by atoms with Gasteiger partial charge >= 0.3 is 11.8 Å². The molecule has 0 saturated heterocycles. The first-order valence-corrected chi connectivity index (χ1v) is 10.5. The number of benzene rings is 1. The largest absolute Gasteiger partial charge is 0.348 e. The van der Waals surface area contributed by atoms with Gasteiger partial charge in [0.25, 0.3) is 0 Å². The SMILES string of the molecule is CCS(=O)(=O)N(C)CCCNC(=O)C(=O)Nc1ccnn1Cc1ccccc1. The molecule has 0 bridgehead atoms. The fourth-order valence-electron chi connectivity index (χ4n) is 2.44. The molecule has 1 heterocycles. The maximum atomic E-state index is 12.1. The third-order valence-corrected chi connectivity index (χ3v) is 5.98. The van der Waals surface area contributed by atoms with Gasteiger partial charge < -0.3 is 10.6 Å². The number of anilines is 1. The summed E-state index contributed by atoms with van der Waals surface area (Å²) in [6.07, 6.45) is 1.95. The highest BCUT2D eigenvalue weighted by molar-refractivity contribution is 7.89. The second-order valence-electron chi connectivity index (χ2n) is 6.15. The predicted octanol–water partition coefficient (Wildman–Crippen LogP) is 0.658. The Morgan fingerprint density at radius 1 is 1.14 bits per heavy atom. The molecule has 0 fully saturated rings. The summed E-state index contributed by atoms with van der Waals surface area (Å²) in [4.78, 5) is 24.0. The molecule has 0 radical (unpaired) electrons. The normalized spacial score (nSPS) is 11.4. The van der Waals surface area contributed by atoms with E-state index >= 15 is 0 Å². The molecule has 2 rings (SSSR count). The van der Waals surface area contributed by atoms with Crippen molar-refractivity contribution in [1.82, 2.24) is 19.4 Å². The van der Waals surface area contributed by atoms with E-state index < -0.39 is 21.8 Å². The summed E-state index contributed by atoms with van der Waals surface area (Å²) in [6.45, 7) is 2.49. The summed E-state index contributed by atoms with van der Waals surface area (Å²) < 4.78 is 26.1. The average Bonchev–Trinajstić information content (AvgIpc) is 3.12. The van der Waals surface area contributed by atoms with Crippen LogP contribution in [0.25, 0.3) is 0 Å². The number of amides is 2. The van der Waals surface area contributed by atoms with E-state index in [2.05, 4.69) is 15.7 Å². The molecular weight excluding hydrogens is 382 g/mol. The van der Waals surface area contributed by atoms with Crippen molar-refractivity contribution in [2.45, 2.75) is 19.9 Å². The third kappa shape index (κ3) is 6.17. The zero-order valence-electron chi connectivity index (χ0n) is 16.0. The average molecular weight is 407 g/mol. The number of nitrogens with zero attached hydrogens (tertiary/aromatic N) is 3. The number of nitrogens with one attached hydrogen (secondary N) is 2. The highest BCUT2D eigenvalue weighted by Crippen LogP contribution is 2.10. The molecule has 0 atom stereocenters. The Bertz CT molecular complexity index is 896. The summed E-state index contributed by atoms with van der Waals surface area (Å²) in [5, 5.41) is 9.18. The van der Waals surface area contributed by atoms with E-state index in [1.165, 1.54) is 11.4 Å². The quantitative estimate of drug-likeness (QED) is 0.468. The van der Waals surface area contributed by atoms with Crippen molar-refractivity contribution in [1.29, 1.82) is 0 Å². The van der Waals surface area contributed by atoms with Crippen molar-refractivity contribution in [3.05, 3.63) is 48.2 Å². The molecule has 0 saturated carbocycles. The number of carbonyl (C=O) groups is 2. The molecule has 0 aliphatic rings. The Labute approximate surface area is 164 Å². The summed E-state index contributed by atoms with van der Waals surface area (Å²) >= 11 is 0. The molecule has 1 aromatic heterocycles. The Hall–Kier alpha value is -2.72. The van der Waals surface area contributed by atoms with Gasteiger partial charge in [-0.25, -0.2) is 17.4 Å². The lowest BCUT2D eigenvalue weighted by Crippen LogP contribution is -2.38. The Balaban J connectivity index is 1.80. The smallest absolute Gasteiger partial charge is 0.314 e. The first-order chi connectivity index (χ1) is 13.3. The van der Waals surface area contributed by atoms with Crippen molar-refractivity contribution in [3.8, 4) is 0 Å². The van der Waals surface area contributed by atoms with Crippen LogP contribution in [-0.4, -0.2) is 60.2 Å². The number of carbonyl (C=O) groups excluding carboxylic acids is 2. The van der Waals surface area contributed by atoms with Crippen LogP contribution in [0, 0.1) is 0 Å². The van der Waals surface area contributed by atoms with Crippen LogP contribution in [0.4, 0.5) is 5.82 Å². The van der Waals surface area contributed by atoms with Crippen LogP contribution in [-0.2, 0) is 26.2 Å². The predicted molar refractivity (Wildman–Crippen MR) is 106 cm³/mol. The van der Waals surface area contributed by atoms with E-state index in [1.807, 2.05) is 30.3 Å². The van der Waals surface area contributed by atoms with E-state index in [0.29, 0.717) is 18.8 Å². The minimum atomic E-state index is -3.25. The second-order valence-corrected chi connectivity index (χ2v) is 8.51. The molecule has 28 heavy (non-hydrogen) atoms. The number of aromatic nitrogens is 2. The molecule has 2 amide bonds. The van der Waals surface area contributed by atoms with Crippen molar-refractivity contribution in [2.24, 2.45) is 0 Å². The van der Waals surface area contributed by atoms with Gasteiger partial charge in [0.05, 0.1) is 18.5 Å². The number of sulfonamides is 1. The Morgan fingerprint density at radius 3 is 2.54 bits per heavy atom. The second kappa shape index (κ2) is 10.00. The van der Waals surface area contributed by atoms with Crippen LogP contribution in [0.5, 0.6) is 0 Å². The zero-order valence-corrected chi connectivity index (χ0v) is 16.8. The van der Waals surface area contributed by atoms with Crippen LogP contribution in [0.3, 0.4) is 0 Å². The molecule has 152 valence electrons. The summed E-state index contributed by atoms with van der Waals surface area (Å²) in [6, 6.07) is 11.2. The first kappa shape index (κ1) is 21.6. The minimum Gasteiger partial charge on any atom is -0.348 e. The molecular formula is C18H25N5O4S. The maximum Gasteiger partial charge on any atom is 0.314 e. The molecule has 0 aliphatic heterocycles. The molecule has 10 heteroatoms. The topological polar surface area (TPSA) is 113 Å². The van der Waals surface area contributed by atoms with Crippen LogP contribution < -0.4 is 10.6 Å². The Morgan fingerprint density at radius 2 is 1.86 bits per heavy atom. The zero-order chi connectivity index (χ0) is 20.6. The van der Waals surface area contributed by atoms with Crippen molar-refractivity contribution < 1.29 is 18.0 Å². The lowest BCUT2D eigenvalue weighted by atomic mass is 10.2. The van der Waals surface area contributed by atoms with Gasteiger partial charge in [-0.15, -0.1) is 0 Å². The van der Waals surface area contributed by atoms with Crippen LogP contribution in [0.2, 0.25) is 0 Å². The van der Waals surface area contributed by atoms with E-state index in [9.17, 15) is 18.0 Å². The molecule has 0 spiro atoms. The third-order valence-electron chi connectivity index (χ3n) is 4.11. The van der Waals surface area contributed by atoms with Gasteiger partial charge in [0.2, 0.25) is 10.0 Å². The lowest BCUT2D eigenvalue weighted by Gasteiger charge is -2.15. The molecule has 1 aromatic carbocycles. The van der Waals surface area contributed by atoms with Crippen LogP contribution in [0.1, 0.15) is 18.9 Å². The highest BCUT2D eigenvalue weighted by atomic mass is 32.2. The molecule has 2 aromatic rings. The van der Waals surface area contributed by atoms with Gasteiger partial charge in [-0.1, -0.05) is 30.3 Å². The number of rotatable bonds is 9. The van der Waals surface area contributed by atoms with Crippen molar-refractivity contribution in [3.63, 3.8) is 0 Å². The van der Waals surface area contributed by atoms with Gasteiger partial charge in [0.1, 0.15) is 5.82 Å². The van der Waals surface area contributed by atoms with Crippen LogP contribution in [0.15, 0.2) is 42.6 Å². The van der Waals surface area contributed by atoms with E-state index in [1.54, 1.807) is 23.9 Å².